The lowest BCUT2D eigenvalue weighted by Gasteiger charge is -2.09. The van der Waals surface area contributed by atoms with E-state index < -0.39 is 11.7 Å². The van der Waals surface area contributed by atoms with Gasteiger partial charge in [0.25, 0.3) is 5.78 Å². The molecule has 1 aromatic carbocycles. The number of nitrogens with zero attached hydrogens (tertiary/aromatic N) is 5. The number of fused-ring (bicyclic) bond motifs is 1. The summed E-state index contributed by atoms with van der Waals surface area (Å²) in [7, 11) is 0. The summed E-state index contributed by atoms with van der Waals surface area (Å²) in [5.74, 6) is 0.365. The van der Waals surface area contributed by atoms with Crippen molar-refractivity contribution >= 4 is 5.78 Å². The molecule has 3 heterocycles. The van der Waals surface area contributed by atoms with Gasteiger partial charge in [0, 0.05) is 23.5 Å². The van der Waals surface area contributed by atoms with E-state index in [0.29, 0.717) is 17.0 Å². The molecule has 4 aromatic rings. The van der Waals surface area contributed by atoms with Crippen molar-refractivity contribution in [1.29, 1.82) is 0 Å². The molecule has 0 unspecified atom stereocenters. The molecule has 0 atom stereocenters. The van der Waals surface area contributed by atoms with E-state index in [1.165, 1.54) is 18.5 Å². The molecule has 0 saturated heterocycles. The van der Waals surface area contributed by atoms with Gasteiger partial charge >= 0.3 is 6.18 Å². The maximum Gasteiger partial charge on any atom is 0.416 e. The fourth-order valence-corrected chi connectivity index (χ4v) is 2.52. The molecule has 4 rings (SSSR count). The maximum absolute atomic E-state index is 12.7. The normalized spacial score (nSPS) is 11.8. The first-order valence-corrected chi connectivity index (χ1v) is 7.31. The van der Waals surface area contributed by atoms with Gasteiger partial charge in [-0.2, -0.15) is 27.8 Å². The fourth-order valence-electron chi connectivity index (χ4n) is 2.52. The van der Waals surface area contributed by atoms with Crippen LogP contribution in [0.2, 0.25) is 0 Å². The number of benzene rings is 1. The smallest absolute Gasteiger partial charge is 0.265 e. The molecular formula is C17H10F3N5. The molecule has 0 aliphatic heterocycles. The Morgan fingerprint density at radius 1 is 0.880 bits per heavy atom. The fraction of sp³-hybridized carbons (Fsp3) is 0.0588. The molecule has 0 radical (unpaired) electrons. The summed E-state index contributed by atoms with van der Waals surface area (Å²) in [6.07, 6.45) is 0.307. The van der Waals surface area contributed by atoms with Crippen LogP contribution in [0.15, 0.2) is 61.2 Å². The highest BCUT2D eigenvalue weighted by atomic mass is 19.4. The summed E-state index contributed by atoms with van der Waals surface area (Å²) >= 11 is 0. The summed E-state index contributed by atoms with van der Waals surface area (Å²) in [5, 5.41) is 4.15. The minimum atomic E-state index is -4.37. The van der Waals surface area contributed by atoms with Crippen molar-refractivity contribution in [3.63, 3.8) is 0 Å². The van der Waals surface area contributed by atoms with Crippen LogP contribution in [0.1, 0.15) is 5.56 Å². The Kier molecular flexibility index (Phi) is 3.45. The molecule has 3 aromatic heterocycles. The Morgan fingerprint density at radius 3 is 2.28 bits per heavy atom. The number of hydrogen-bond acceptors (Lipinski definition) is 4. The van der Waals surface area contributed by atoms with Gasteiger partial charge in [-0.25, -0.2) is 4.98 Å². The van der Waals surface area contributed by atoms with E-state index in [0.717, 1.165) is 23.4 Å². The van der Waals surface area contributed by atoms with Crippen molar-refractivity contribution in [2.75, 3.05) is 0 Å². The number of hydrogen-bond donors (Lipinski definition) is 0. The van der Waals surface area contributed by atoms with Crippen LogP contribution in [0.3, 0.4) is 0 Å². The lowest BCUT2D eigenvalue weighted by Crippen LogP contribution is -2.04. The minimum absolute atomic E-state index is 0.365. The van der Waals surface area contributed by atoms with Crippen LogP contribution in [0.25, 0.3) is 28.3 Å². The van der Waals surface area contributed by atoms with Gasteiger partial charge in [-0.3, -0.25) is 4.98 Å². The Balaban J connectivity index is 1.86. The summed E-state index contributed by atoms with van der Waals surface area (Å²) in [6.45, 7) is 0. The first-order valence-electron chi connectivity index (χ1n) is 7.31. The Labute approximate surface area is 139 Å². The first kappa shape index (κ1) is 15.3. The molecule has 0 N–H and O–H groups in total. The van der Waals surface area contributed by atoms with E-state index in [1.54, 1.807) is 23.0 Å². The molecule has 0 fully saturated rings. The second kappa shape index (κ2) is 5.66. The quantitative estimate of drug-likeness (QED) is 0.555. The van der Waals surface area contributed by atoms with Crippen LogP contribution in [-0.2, 0) is 6.18 Å². The third-order valence-corrected chi connectivity index (χ3v) is 3.74. The zero-order valence-electron chi connectivity index (χ0n) is 12.6. The van der Waals surface area contributed by atoms with Crippen molar-refractivity contribution in [1.82, 2.24) is 24.6 Å². The molecule has 0 spiro atoms. The molecule has 8 heteroatoms. The SMILES string of the molecule is FC(F)(F)c1ccc(-c2cc(-c3ccncc3)n3ncnc3n2)cc1. The number of rotatable bonds is 2. The van der Waals surface area contributed by atoms with Gasteiger partial charge in [0.2, 0.25) is 0 Å². The van der Waals surface area contributed by atoms with Crippen molar-refractivity contribution in [3.05, 3.63) is 66.7 Å². The third-order valence-electron chi connectivity index (χ3n) is 3.74. The van der Waals surface area contributed by atoms with Crippen LogP contribution < -0.4 is 0 Å². The lowest BCUT2D eigenvalue weighted by atomic mass is 10.1. The lowest BCUT2D eigenvalue weighted by molar-refractivity contribution is -0.137. The highest BCUT2D eigenvalue weighted by Crippen LogP contribution is 2.31. The van der Waals surface area contributed by atoms with Crippen LogP contribution in [0.4, 0.5) is 13.2 Å². The van der Waals surface area contributed by atoms with Gasteiger partial charge in [-0.05, 0) is 30.3 Å². The standard InChI is InChI=1S/C17H10F3N5/c18-17(19,20)13-3-1-11(2-4-13)14-9-15(12-5-7-21-8-6-12)25-16(24-14)22-10-23-25/h1-10H. The van der Waals surface area contributed by atoms with Crippen molar-refractivity contribution < 1.29 is 13.2 Å². The largest absolute Gasteiger partial charge is 0.416 e. The number of pyridine rings is 1. The monoisotopic (exact) mass is 341 g/mol. The van der Waals surface area contributed by atoms with Gasteiger partial charge < -0.3 is 0 Å². The van der Waals surface area contributed by atoms with Gasteiger partial charge in [-0.15, -0.1) is 0 Å². The molecule has 5 nitrogen and oxygen atoms in total. The molecular weight excluding hydrogens is 331 g/mol. The minimum Gasteiger partial charge on any atom is -0.265 e. The van der Waals surface area contributed by atoms with Crippen molar-refractivity contribution in [2.24, 2.45) is 0 Å². The summed E-state index contributed by atoms with van der Waals surface area (Å²) in [6, 6.07) is 10.3. The second-order valence-corrected chi connectivity index (χ2v) is 5.31. The predicted octanol–water partition coefficient (Wildman–Crippen LogP) is 3.87. The number of aromatic nitrogens is 5. The first-order chi connectivity index (χ1) is 12.0. The van der Waals surface area contributed by atoms with E-state index in [4.69, 9.17) is 0 Å². The number of halogens is 3. The molecule has 0 aliphatic carbocycles. The molecule has 124 valence electrons. The zero-order chi connectivity index (χ0) is 17.4. The highest BCUT2D eigenvalue weighted by molar-refractivity contribution is 5.70. The third kappa shape index (κ3) is 2.82. The van der Waals surface area contributed by atoms with Crippen molar-refractivity contribution in [3.8, 4) is 22.5 Å². The van der Waals surface area contributed by atoms with Gasteiger partial charge in [0.1, 0.15) is 6.33 Å². The summed E-state index contributed by atoms with van der Waals surface area (Å²) in [5.41, 5.74) is 1.95. The highest BCUT2D eigenvalue weighted by Gasteiger charge is 2.30. The molecule has 0 bridgehead atoms. The number of alkyl halides is 3. The van der Waals surface area contributed by atoms with Gasteiger partial charge in [0.05, 0.1) is 17.0 Å². The molecule has 0 saturated carbocycles. The Morgan fingerprint density at radius 2 is 1.60 bits per heavy atom. The Hall–Kier alpha value is -3.29. The Bertz CT molecular complexity index is 1020. The van der Waals surface area contributed by atoms with Crippen molar-refractivity contribution in [2.45, 2.75) is 6.18 Å². The average molecular weight is 341 g/mol. The van der Waals surface area contributed by atoms with E-state index in [1.807, 2.05) is 12.1 Å². The van der Waals surface area contributed by atoms with E-state index >= 15 is 0 Å². The zero-order valence-corrected chi connectivity index (χ0v) is 12.6. The van der Waals surface area contributed by atoms with E-state index in [-0.39, 0.29) is 0 Å². The molecule has 0 amide bonds. The van der Waals surface area contributed by atoms with Gasteiger partial charge in [0.15, 0.2) is 0 Å². The van der Waals surface area contributed by atoms with Crippen LogP contribution in [0.5, 0.6) is 0 Å². The predicted molar refractivity (Wildman–Crippen MR) is 84.5 cm³/mol. The van der Waals surface area contributed by atoms with Crippen LogP contribution >= 0.6 is 0 Å². The topological polar surface area (TPSA) is 56.0 Å². The molecule has 0 aliphatic rings. The van der Waals surface area contributed by atoms with E-state index in [9.17, 15) is 13.2 Å². The van der Waals surface area contributed by atoms with Gasteiger partial charge in [-0.1, -0.05) is 12.1 Å². The summed E-state index contributed by atoms with van der Waals surface area (Å²) in [4.78, 5) is 12.5. The maximum atomic E-state index is 12.7. The molecule has 25 heavy (non-hydrogen) atoms. The van der Waals surface area contributed by atoms with Crippen LogP contribution in [0, 0.1) is 0 Å². The van der Waals surface area contributed by atoms with Crippen LogP contribution in [-0.4, -0.2) is 24.6 Å². The summed E-state index contributed by atoms with van der Waals surface area (Å²) < 4.78 is 39.8. The average Bonchev–Trinajstić information content (AvgIpc) is 3.09. The second-order valence-electron chi connectivity index (χ2n) is 5.31. The van der Waals surface area contributed by atoms with E-state index in [2.05, 4.69) is 20.1 Å².